The number of hydrogen-bond acceptors (Lipinski definition) is 2. The maximum Gasteiger partial charge on any atom is 0.227 e. The highest BCUT2D eigenvalue weighted by atomic mass is 16.1. The van der Waals surface area contributed by atoms with Crippen LogP contribution in [0.1, 0.15) is 25.0 Å². The second-order valence-electron chi connectivity index (χ2n) is 5.10. The third-order valence-electron chi connectivity index (χ3n) is 3.78. The van der Waals surface area contributed by atoms with Crippen LogP contribution in [0.2, 0.25) is 0 Å². The van der Waals surface area contributed by atoms with Gasteiger partial charge >= 0.3 is 0 Å². The fraction of sp³-hybridized carbons (Fsp3) is 0.538. The summed E-state index contributed by atoms with van der Waals surface area (Å²) < 4.78 is 0. The van der Waals surface area contributed by atoms with Gasteiger partial charge in [0.05, 0.1) is 0 Å². The minimum atomic E-state index is 0.192. The molecule has 0 aromatic carbocycles. The number of nitrogens with one attached hydrogen (secondary N) is 1. The molecule has 3 heteroatoms. The minimum Gasteiger partial charge on any atom is -0.326 e. The summed E-state index contributed by atoms with van der Waals surface area (Å²) in [6.45, 7) is 1.93. The van der Waals surface area contributed by atoms with Gasteiger partial charge in [-0.3, -0.25) is 9.78 Å². The van der Waals surface area contributed by atoms with Gasteiger partial charge in [-0.2, -0.15) is 0 Å². The molecular formula is C13H16N2O. The molecule has 1 heterocycles. The largest absolute Gasteiger partial charge is 0.326 e. The van der Waals surface area contributed by atoms with E-state index in [-0.39, 0.29) is 11.8 Å². The lowest BCUT2D eigenvalue weighted by Gasteiger charge is -2.12. The van der Waals surface area contributed by atoms with Crippen LogP contribution in [-0.2, 0) is 4.79 Å². The molecule has 1 aromatic heterocycles. The maximum absolute atomic E-state index is 12.0. The quantitative estimate of drug-likeness (QED) is 0.824. The fourth-order valence-electron chi connectivity index (χ4n) is 2.80. The number of hydrogen-bond donors (Lipinski definition) is 1. The van der Waals surface area contributed by atoms with Crippen LogP contribution in [0.4, 0.5) is 5.69 Å². The number of pyridine rings is 1. The predicted octanol–water partition coefficient (Wildman–Crippen LogP) is 2.37. The van der Waals surface area contributed by atoms with Crippen molar-refractivity contribution in [2.24, 2.45) is 17.8 Å². The average molecular weight is 216 g/mol. The third-order valence-corrected chi connectivity index (χ3v) is 3.78. The van der Waals surface area contributed by atoms with Crippen LogP contribution in [0.5, 0.6) is 0 Å². The molecule has 2 saturated carbocycles. The van der Waals surface area contributed by atoms with Crippen LogP contribution >= 0.6 is 0 Å². The number of rotatable bonds is 2. The Labute approximate surface area is 95.3 Å². The Morgan fingerprint density at radius 1 is 1.38 bits per heavy atom. The normalized spacial score (nSPS) is 30.9. The summed E-state index contributed by atoms with van der Waals surface area (Å²) in [5.74, 6) is 2.15. The molecule has 0 saturated heterocycles. The molecule has 0 bridgehead atoms. The molecule has 2 atom stereocenters. The van der Waals surface area contributed by atoms with Gasteiger partial charge in [0.1, 0.15) is 0 Å². The van der Waals surface area contributed by atoms with E-state index in [1.807, 2.05) is 19.1 Å². The lowest BCUT2D eigenvalue weighted by molar-refractivity contribution is -0.120. The molecule has 2 aliphatic carbocycles. The molecule has 84 valence electrons. The fourth-order valence-corrected chi connectivity index (χ4v) is 2.80. The molecule has 1 aromatic rings. The summed E-state index contributed by atoms with van der Waals surface area (Å²) in [7, 11) is 0. The van der Waals surface area contributed by atoms with Crippen LogP contribution in [0.3, 0.4) is 0 Å². The zero-order valence-corrected chi connectivity index (χ0v) is 9.44. The van der Waals surface area contributed by atoms with E-state index in [0.717, 1.165) is 36.1 Å². The first-order valence-corrected chi connectivity index (χ1v) is 5.96. The minimum absolute atomic E-state index is 0.192. The zero-order chi connectivity index (χ0) is 11.1. The van der Waals surface area contributed by atoms with Crippen molar-refractivity contribution in [2.45, 2.75) is 26.2 Å². The Balaban J connectivity index is 1.64. The van der Waals surface area contributed by atoms with Crippen LogP contribution in [-0.4, -0.2) is 10.9 Å². The van der Waals surface area contributed by atoms with E-state index in [1.165, 1.54) is 6.42 Å². The Hall–Kier alpha value is -1.38. The van der Waals surface area contributed by atoms with E-state index in [4.69, 9.17) is 0 Å². The summed E-state index contributed by atoms with van der Waals surface area (Å²) in [5.41, 5.74) is 1.81. The van der Waals surface area contributed by atoms with Crippen molar-refractivity contribution in [3.8, 4) is 0 Å². The highest BCUT2D eigenvalue weighted by molar-refractivity contribution is 5.92. The standard InChI is InChI=1S/C13H16N2O/c1-8-4-12(2-3-14-8)15-13(16)11-6-9-5-10(9)7-11/h2-4,9-11H,5-7H2,1H3,(H,14,15,16). The lowest BCUT2D eigenvalue weighted by atomic mass is 10.0. The zero-order valence-electron chi connectivity index (χ0n) is 9.44. The van der Waals surface area contributed by atoms with Gasteiger partial charge in [-0.05, 0) is 50.2 Å². The number of carbonyl (C=O) groups excluding carboxylic acids is 1. The van der Waals surface area contributed by atoms with E-state index in [2.05, 4.69) is 10.3 Å². The van der Waals surface area contributed by atoms with Gasteiger partial charge in [-0.15, -0.1) is 0 Å². The first-order chi connectivity index (χ1) is 7.72. The van der Waals surface area contributed by atoms with Crippen LogP contribution < -0.4 is 5.32 Å². The van der Waals surface area contributed by atoms with Gasteiger partial charge in [0.25, 0.3) is 0 Å². The van der Waals surface area contributed by atoms with Gasteiger partial charge < -0.3 is 5.32 Å². The Kier molecular flexibility index (Phi) is 2.20. The van der Waals surface area contributed by atoms with E-state index < -0.39 is 0 Å². The SMILES string of the molecule is Cc1cc(NC(=O)C2CC3CC3C2)ccn1. The van der Waals surface area contributed by atoms with Crippen LogP contribution in [0.15, 0.2) is 18.3 Å². The smallest absolute Gasteiger partial charge is 0.227 e. The number of aryl methyl sites for hydroxylation is 1. The monoisotopic (exact) mass is 216 g/mol. The molecular weight excluding hydrogens is 200 g/mol. The van der Waals surface area contributed by atoms with Gasteiger partial charge in [-0.25, -0.2) is 0 Å². The van der Waals surface area contributed by atoms with Gasteiger partial charge in [0, 0.05) is 23.5 Å². The second kappa shape index (κ2) is 3.58. The molecule has 2 unspecified atom stereocenters. The summed E-state index contributed by atoms with van der Waals surface area (Å²) in [6, 6.07) is 3.76. The topological polar surface area (TPSA) is 42.0 Å². The van der Waals surface area contributed by atoms with Crippen LogP contribution in [0.25, 0.3) is 0 Å². The van der Waals surface area contributed by atoms with E-state index >= 15 is 0 Å². The molecule has 3 nitrogen and oxygen atoms in total. The van der Waals surface area contributed by atoms with Crippen molar-refractivity contribution in [1.29, 1.82) is 0 Å². The molecule has 3 rings (SSSR count). The van der Waals surface area contributed by atoms with Crippen molar-refractivity contribution < 1.29 is 4.79 Å². The van der Waals surface area contributed by atoms with Gasteiger partial charge in [0.15, 0.2) is 0 Å². The predicted molar refractivity (Wildman–Crippen MR) is 61.9 cm³/mol. The third kappa shape index (κ3) is 1.82. The van der Waals surface area contributed by atoms with Crippen molar-refractivity contribution in [3.05, 3.63) is 24.0 Å². The molecule has 1 amide bonds. The maximum atomic E-state index is 12.0. The number of nitrogens with zero attached hydrogens (tertiary/aromatic N) is 1. The Morgan fingerprint density at radius 2 is 2.12 bits per heavy atom. The lowest BCUT2D eigenvalue weighted by Crippen LogP contribution is -2.21. The molecule has 16 heavy (non-hydrogen) atoms. The highest BCUT2D eigenvalue weighted by Crippen LogP contribution is 2.54. The van der Waals surface area contributed by atoms with Crippen molar-refractivity contribution in [3.63, 3.8) is 0 Å². The number of anilines is 1. The van der Waals surface area contributed by atoms with Crippen molar-refractivity contribution in [1.82, 2.24) is 4.98 Å². The average Bonchev–Trinajstić information content (AvgIpc) is 2.86. The van der Waals surface area contributed by atoms with Crippen molar-refractivity contribution >= 4 is 11.6 Å². The van der Waals surface area contributed by atoms with Crippen LogP contribution in [0, 0.1) is 24.7 Å². The molecule has 0 aliphatic heterocycles. The van der Waals surface area contributed by atoms with Crippen molar-refractivity contribution in [2.75, 3.05) is 5.32 Å². The molecule has 0 radical (unpaired) electrons. The summed E-state index contributed by atoms with van der Waals surface area (Å²) in [5, 5.41) is 2.99. The number of aromatic nitrogens is 1. The molecule has 2 aliphatic rings. The summed E-state index contributed by atoms with van der Waals surface area (Å²) in [4.78, 5) is 16.1. The van der Waals surface area contributed by atoms with E-state index in [0.29, 0.717) is 0 Å². The second-order valence-corrected chi connectivity index (χ2v) is 5.10. The number of fused-ring (bicyclic) bond motifs is 1. The van der Waals surface area contributed by atoms with Gasteiger partial charge in [-0.1, -0.05) is 0 Å². The number of amides is 1. The first-order valence-electron chi connectivity index (χ1n) is 5.96. The molecule has 0 spiro atoms. The van der Waals surface area contributed by atoms with E-state index in [1.54, 1.807) is 6.20 Å². The van der Waals surface area contributed by atoms with Gasteiger partial charge in [0.2, 0.25) is 5.91 Å². The summed E-state index contributed by atoms with van der Waals surface area (Å²) in [6.07, 6.45) is 5.29. The highest BCUT2D eigenvalue weighted by Gasteiger charge is 2.47. The molecule has 2 fully saturated rings. The Morgan fingerprint density at radius 3 is 2.81 bits per heavy atom. The first kappa shape index (κ1) is 9.82. The number of carbonyl (C=O) groups is 1. The molecule has 1 N–H and O–H groups in total. The van der Waals surface area contributed by atoms with E-state index in [9.17, 15) is 4.79 Å². The Bertz CT molecular complexity index is 420. The summed E-state index contributed by atoms with van der Waals surface area (Å²) >= 11 is 0.